The Morgan fingerprint density at radius 1 is 1.15 bits per heavy atom. The van der Waals surface area contributed by atoms with Gasteiger partial charge in [-0.25, -0.2) is 0 Å². The molecule has 1 aliphatic rings. The highest BCUT2D eigenvalue weighted by atomic mass is 15.2. The van der Waals surface area contributed by atoms with Gasteiger partial charge in [-0.1, -0.05) is 34.6 Å². The average Bonchev–Trinajstić information content (AvgIpc) is 2.33. The molecule has 2 heteroatoms. The van der Waals surface area contributed by atoms with E-state index in [2.05, 4.69) is 59.4 Å². The fraction of sp³-hybridized carbons (Fsp3) is 0.944. The molecule has 0 bridgehead atoms. The van der Waals surface area contributed by atoms with E-state index < -0.39 is 0 Å². The van der Waals surface area contributed by atoms with Gasteiger partial charge in [0.1, 0.15) is 0 Å². The molecule has 0 heterocycles. The minimum atomic E-state index is 0.217. The average molecular weight is 278 g/mol. The Labute approximate surface area is 126 Å². The van der Waals surface area contributed by atoms with Crippen molar-refractivity contribution in [2.24, 2.45) is 23.2 Å². The lowest BCUT2D eigenvalue weighted by atomic mass is 9.67. The summed E-state index contributed by atoms with van der Waals surface area (Å²) in [7, 11) is 0. The van der Waals surface area contributed by atoms with Gasteiger partial charge in [0.2, 0.25) is 0 Å². The first-order valence-corrected chi connectivity index (χ1v) is 8.32. The van der Waals surface area contributed by atoms with E-state index in [1.54, 1.807) is 0 Å². The molecule has 0 radical (unpaired) electrons. The second-order valence-electron chi connectivity index (χ2n) is 8.36. The zero-order chi connectivity index (χ0) is 15.5. The molecule has 0 amide bonds. The summed E-state index contributed by atoms with van der Waals surface area (Å²) in [4.78, 5) is 2.59. The quantitative estimate of drug-likeness (QED) is 0.745. The Morgan fingerprint density at radius 2 is 1.75 bits per heavy atom. The molecule has 1 rings (SSSR count). The van der Waals surface area contributed by atoms with E-state index >= 15 is 0 Å². The van der Waals surface area contributed by atoms with Gasteiger partial charge in [0.05, 0.1) is 12.0 Å². The van der Waals surface area contributed by atoms with Gasteiger partial charge >= 0.3 is 0 Å². The van der Waals surface area contributed by atoms with Crippen LogP contribution in [0.3, 0.4) is 0 Å². The van der Waals surface area contributed by atoms with Crippen LogP contribution in [-0.4, -0.2) is 23.5 Å². The molecular formula is C18H34N2. The summed E-state index contributed by atoms with van der Waals surface area (Å²) in [5, 5.41) is 9.54. The van der Waals surface area contributed by atoms with Crippen LogP contribution in [-0.2, 0) is 0 Å². The van der Waals surface area contributed by atoms with Gasteiger partial charge in [0, 0.05) is 18.6 Å². The van der Waals surface area contributed by atoms with Crippen LogP contribution in [0.15, 0.2) is 0 Å². The Balaban J connectivity index is 2.92. The highest BCUT2D eigenvalue weighted by Crippen LogP contribution is 2.42. The van der Waals surface area contributed by atoms with Crippen LogP contribution in [0.25, 0.3) is 0 Å². The Kier molecular flexibility index (Phi) is 6.07. The lowest BCUT2D eigenvalue weighted by Gasteiger charge is -2.46. The molecule has 0 aromatic rings. The molecule has 20 heavy (non-hydrogen) atoms. The molecule has 0 N–H and O–H groups in total. The van der Waals surface area contributed by atoms with Crippen molar-refractivity contribution in [1.29, 1.82) is 5.26 Å². The van der Waals surface area contributed by atoms with E-state index in [4.69, 9.17) is 0 Å². The van der Waals surface area contributed by atoms with Crippen molar-refractivity contribution < 1.29 is 0 Å². The lowest BCUT2D eigenvalue weighted by Crippen LogP contribution is -2.50. The second-order valence-corrected chi connectivity index (χ2v) is 8.36. The van der Waals surface area contributed by atoms with Crippen molar-refractivity contribution in [1.82, 2.24) is 4.90 Å². The number of nitriles is 1. The highest BCUT2D eigenvalue weighted by molar-refractivity contribution is 5.00. The van der Waals surface area contributed by atoms with Crippen LogP contribution in [0, 0.1) is 34.5 Å². The molecule has 0 aromatic heterocycles. The van der Waals surface area contributed by atoms with Crippen LogP contribution >= 0.6 is 0 Å². The number of rotatable bonds is 4. The standard InChI is InChI=1S/C18H34N2/c1-13(2)12-20(14(3)4)17-10-16(18(5,6)7)9-8-15(17)11-19/h13-17H,8-10,12H2,1-7H3. The smallest absolute Gasteiger partial charge is 0.0672 e. The van der Waals surface area contributed by atoms with Gasteiger partial charge in [0.25, 0.3) is 0 Å². The minimum Gasteiger partial charge on any atom is -0.296 e. The van der Waals surface area contributed by atoms with Crippen molar-refractivity contribution in [2.45, 2.75) is 79.8 Å². The SMILES string of the molecule is CC(C)CN(C(C)C)C1CC(C(C)(C)C)CCC1C#N. The molecule has 116 valence electrons. The van der Waals surface area contributed by atoms with Crippen LogP contribution in [0.4, 0.5) is 0 Å². The minimum absolute atomic E-state index is 0.217. The summed E-state index contributed by atoms with van der Waals surface area (Å²) in [6, 6.07) is 3.56. The first-order chi connectivity index (χ1) is 9.16. The summed E-state index contributed by atoms with van der Waals surface area (Å²) < 4.78 is 0. The topological polar surface area (TPSA) is 27.0 Å². The van der Waals surface area contributed by atoms with Crippen molar-refractivity contribution in [2.75, 3.05) is 6.54 Å². The third kappa shape index (κ3) is 4.48. The maximum atomic E-state index is 9.54. The summed E-state index contributed by atoms with van der Waals surface area (Å²) in [6.07, 6.45) is 3.48. The van der Waals surface area contributed by atoms with Crippen LogP contribution in [0.1, 0.15) is 67.7 Å². The highest BCUT2D eigenvalue weighted by Gasteiger charge is 2.39. The Morgan fingerprint density at radius 3 is 2.15 bits per heavy atom. The van der Waals surface area contributed by atoms with Crippen LogP contribution in [0.5, 0.6) is 0 Å². The monoisotopic (exact) mass is 278 g/mol. The van der Waals surface area contributed by atoms with Crippen molar-refractivity contribution in [3.8, 4) is 6.07 Å². The normalized spacial score (nSPS) is 28.1. The second kappa shape index (κ2) is 6.94. The fourth-order valence-corrected chi connectivity index (χ4v) is 3.60. The molecule has 0 aromatic carbocycles. The summed E-state index contributed by atoms with van der Waals surface area (Å²) >= 11 is 0. The van der Waals surface area contributed by atoms with Crippen molar-refractivity contribution in [3.63, 3.8) is 0 Å². The van der Waals surface area contributed by atoms with Crippen molar-refractivity contribution >= 4 is 0 Å². The molecule has 2 nitrogen and oxygen atoms in total. The van der Waals surface area contributed by atoms with Gasteiger partial charge in [0.15, 0.2) is 0 Å². The van der Waals surface area contributed by atoms with E-state index in [0.717, 1.165) is 18.9 Å². The van der Waals surface area contributed by atoms with Crippen LogP contribution < -0.4 is 0 Å². The third-order valence-electron chi connectivity index (χ3n) is 4.87. The molecule has 0 saturated heterocycles. The van der Waals surface area contributed by atoms with E-state index in [1.165, 1.54) is 12.8 Å². The van der Waals surface area contributed by atoms with E-state index in [9.17, 15) is 5.26 Å². The molecular weight excluding hydrogens is 244 g/mol. The van der Waals surface area contributed by atoms with Gasteiger partial charge in [-0.15, -0.1) is 0 Å². The van der Waals surface area contributed by atoms with E-state index in [0.29, 0.717) is 23.4 Å². The summed E-state index contributed by atoms with van der Waals surface area (Å²) in [5.41, 5.74) is 0.360. The zero-order valence-corrected chi connectivity index (χ0v) is 14.6. The molecule has 1 saturated carbocycles. The van der Waals surface area contributed by atoms with Crippen molar-refractivity contribution in [3.05, 3.63) is 0 Å². The van der Waals surface area contributed by atoms with Crippen LogP contribution in [0.2, 0.25) is 0 Å². The summed E-state index contributed by atoms with van der Waals surface area (Å²) in [5.74, 6) is 1.62. The Bertz CT molecular complexity index is 332. The number of hydrogen-bond acceptors (Lipinski definition) is 2. The molecule has 0 spiro atoms. The Hall–Kier alpha value is -0.550. The van der Waals surface area contributed by atoms with Gasteiger partial charge < -0.3 is 0 Å². The fourth-order valence-electron chi connectivity index (χ4n) is 3.60. The van der Waals surface area contributed by atoms with E-state index in [-0.39, 0.29) is 5.92 Å². The third-order valence-corrected chi connectivity index (χ3v) is 4.87. The molecule has 1 aliphatic carbocycles. The van der Waals surface area contributed by atoms with Gasteiger partial charge in [-0.3, -0.25) is 4.90 Å². The largest absolute Gasteiger partial charge is 0.296 e. The maximum absolute atomic E-state index is 9.54. The number of hydrogen-bond donors (Lipinski definition) is 0. The summed E-state index contributed by atoms with van der Waals surface area (Å²) in [6.45, 7) is 17.3. The number of nitrogens with zero attached hydrogens (tertiary/aromatic N) is 2. The molecule has 1 fully saturated rings. The first kappa shape index (κ1) is 17.5. The molecule has 0 aliphatic heterocycles. The maximum Gasteiger partial charge on any atom is 0.0672 e. The van der Waals surface area contributed by atoms with Gasteiger partial charge in [-0.05, 0) is 50.4 Å². The predicted molar refractivity (Wildman–Crippen MR) is 86.4 cm³/mol. The van der Waals surface area contributed by atoms with E-state index in [1.807, 2.05) is 0 Å². The predicted octanol–water partition coefficient (Wildman–Crippen LogP) is 4.71. The first-order valence-electron chi connectivity index (χ1n) is 8.32. The lowest BCUT2D eigenvalue weighted by molar-refractivity contribution is 0.0351. The zero-order valence-electron chi connectivity index (χ0n) is 14.6. The molecule has 3 unspecified atom stereocenters. The van der Waals surface area contributed by atoms with Gasteiger partial charge in [-0.2, -0.15) is 5.26 Å². The molecule has 3 atom stereocenters.